The van der Waals surface area contributed by atoms with Crippen LogP contribution in [0.5, 0.6) is 0 Å². The first-order valence-electron chi connectivity index (χ1n) is 9.90. The predicted molar refractivity (Wildman–Crippen MR) is 110 cm³/mol. The zero-order valence-electron chi connectivity index (χ0n) is 16.2. The van der Waals surface area contributed by atoms with Gasteiger partial charge < -0.3 is 15.5 Å². The molecule has 8 nitrogen and oxygen atoms in total. The Hall–Kier alpha value is -2.10. The highest BCUT2D eigenvalue weighted by Crippen LogP contribution is 2.34. The summed E-state index contributed by atoms with van der Waals surface area (Å²) < 4.78 is 0. The molecule has 29 heavy (non-hydrogen) atoms. The summed E-state index contributed by atoms with van der Waals surface area (Å²) in [4.78, 5) is 38.3. The van der Waals surface area contributed by atoms with Gasteiger partial charge in [-0.1, -0.05) is 12.1 Å². The van der Waals surface area contributed by atoms with Crippen LogP contribution >= 0.6 is 11.8 Å². The molecule has 1 amide bonds. The van der Waals surface area contributed by atoms with Gasteiger partial charge in [-0.25, -0.2) is 0 Å². The molecule has 1 saturated heterocycles. The average molecular weight is 422 g/mol. The van der Waals surface area contributed by atoms with Gasteiger partial charge in [0.05, 0.1) is 11.7 Å². The van der Waals surface area contributed by atoms with Crippen molar-refractivity contribution in [2.24, 2.45) is 5.92 Å². The summed E-state index contributed by atoms with van der Waals surface area (Å²) in [5.74, 6) is -1.66. The number of benzene rings is 1. The van der Waals surface area contributed by atoms with Crippen LogP contribution in [0.3, 0.4) is 0 Å². The molecule has 1 fully saturated rings. The van der Waals surface area contributed by atoms with Crippen molar-refractivity contribution in [3.05, 3.63) is 24.3 Å². The van der Waals surface area contributed by atoms with Crippen molar-refractivity contribution in [1.29, 1.82) is 0 Å². The monoisotopic (exact) mass is 421 g/mol. The van der Waals surface area contributed by atoms with E-state index >= 15 is 0 Å². The Morgan fingerprint density at radius 1 is 1.24 bits per heavy atom. The lowest BCUT2D eigenvalue weighted by Crippen LogP contribution is -2.53. The normalized spacial score (nSPS) is 21.3. The number of thioether (sulfide) groups is 1. The number of piperidine rings is 1. The lowest BCUT2D eigenvalue weighted by Gasteiger charge is -2.27. The summed E-state index contributed by atoms with van der Waals surface area (Å²) >= 11 is 1.43. The van der Waals surface area contributed by atoms with E-state index in [1.165, 1.54) is 16.7 Å². The van der Waals surface area contributed by atoms with Gasteiger partial charge in [-0.2, -0.15) is 0 Å². The zero-order valence-corrected chi connectivity index (χ0v) is 17.0. The van der Waals surface area contributed by atoms with Crippen LogP contribution < -0.4 is 15.5 Å². The molecule has 4 N–H and O–H groups in total. The third kappa shape index (κ3) is 5.71. The molecule has 1 aromatic rings. The predicted octanol–water partition coefficient (Wildman–Crippen LogP) is 1.40. The molecule has 9 heteroatoms. The van der Waals surface area contributed by atoms with Crippen LogP contribution in [0.15, 0.2) is 29.2 Å². The largest absolute Gasteiger partial charge is 0.480 e. The fraction of sp³-hybridized carbons (Fsp3) is 0.550. The van der Waals surface area contributed by atoms with E-state index in [9.17, 15) is 24.6 Å². The Bertz CT molecular complexity index is 753. The zero-order chi connectivity index (χ0) is 20.8. The van der Waals surface area contributed by atoms with Crippen LogP contribution in [-0.2, 0) is 14.4 Å². The molecule has 2 aliphatic rings. The molecule has 0 saturated carbocycles. The highest BCUT2D eigenvalue weighted by atomic mass is 32.2. The fourth-order valence-corrected chi connectivity index (χ4v) is 4.95. The Balaban J connectivity index is 1.71. The molecule has 2 aliphatic heterocycles. The van der Waals surface area contributed by atoms with E-state index in [4.69, 9.17) is 0 Å². The van der Waals surface area contributed by atoms with Gasteiger partial charge in [0.1, 0.15) is 12.6 Å². The Kier molecular flexibility index (Phi) is 7.51. The number of aliphatic carboxylic acids is 2. The maximum absolute atomic E-state index is 13.1. The van der Waals surface area contributed by atoms with E-state index in [1.54, 1.807) is 12.1 Å². The van der Waals surface area contributed by atoms with E-state index in [-0.39, 0.29) is 0 Å². The minimum atomic E-state index is -1.11. The summed E-state index contributed by atoms with van der Waals surface area (Å²) in [7, 11) is 0. The minimum Gasteiger partial charge on any atom is -0.480 e. The number of carboxylic acid groups (broad SMARTS) is 2. The highest BCUT2D eigenvalue weighted by molar-refractivity contribution is 7.99. The second kappa shape index (κ2) is 10.1. The first kappa shape index (κ1) is 21.6. The van der Waals surface area contributed by atoms with Gasteiger partial charge in [0.15, 0.2) is 0 Å². The lowest BCUT2D eigenvalue weighted by molar-refractivity contribution is -0.140. The molecule has 2 atom stereocenters. The van der Waals surface area contributed by atoms with Crippen LogP contribution in [0.4, 0.5) is 5.69 Å². The van der Waals surface area contributed by atoms with E-state index < -0.39 is 36.5 Å². The third-order valence-corrected chi connectivity index (χ3v) is 6.60. The first-order chi connectivity index (χ1) is 14.0. The minimum absolute atomic E-state index is 0.350. The highest BCUT2D eigenvalue weighted by Gasteiger charge is 2.34. The number of amides is 1. The molecular weight excluding hydrogens is 394 g/mol. The molecule has 3 rings (SSSR count). The molecule has 1 aromatic carbocycles. The van der Waals surface area contributed by atoms with Gasteiger partial charge in [-0.05, 0) is 56.8 Å². The number of fused-ring (bicyclic) bond motifs is 1. The van der Waals surface area contributed by atoms with Crippen LogP contribution in [0, 0.1) is 5.92 Å². The molecule has 0 unspecified atom stereocenters. The summed E-state index contributed by atoms with van der Waals surface area (Å²) in [5, 5.41) is 25.2. The number of anilines is 1. The van der Waals surface area contributed by atoms with Gasteiger partial charge >= 0.3 is 11.9 Å². The van der Waals surface area contributed by atoms with Crippen LogP contribution in [0.2, 0.25) is 0 Å². The molecule has 0 spiro atoms. The molecule has 0 aromatic heterocycles. The quantitative estimate of drug-likeness (QED) is 0.497. The second-order valence-electron chi connectivity index (χ2n) is 7.48. The van der Waals surface area contributed by atoms with Gasteiger partial charge in [0.2, 0.25) is 5.91 Å². The molecule has 158 valence electrons. The number of nitrogens with one attached hydrogen (secondary N) is 2. The standard InChI is InChI=1S/C20H27N3O5S/c24-18(25)11-23-16-3-1-2-4-17(16)29-12-15(19(23)26)22-14(20(27)28)6-5-13-7-9-21-10-8-13/h1-4,13-15,21-22H,5-12H2,(H,24,25)(H,27,28)/t14-,15-/m0/s1. The van der Waals surface area contributed by atoms with Crippen molar-refractivity contribution >= 4 is 35.3 Å². The number of carbonyl (C=O) groups is 3. The summed E-state index contributed by atoms with van der Waals surface area (Å²) in [6.07, 6.45) is 3.30. The topological polar surface area (TPSA) is 119 Å². The number of carbonyl (C=O) groups excluding carboxylic acids is 1. The number of para-hydroxylation sites is 1. The molecule has 0 aliphatic carbocycles. The molecule has 2 heterocycles. The first-order valence-corrected chi connectivity index (χ1v) is 10.9. The molecule has 0 bridgehead atoms. The number of carboxylic acids is 2. The number of nitrogens with zero attached hydrogens (tertiary/aromatic N) is 1. The van der Waals surface area contributed by atoms with E-state index in [2.05, 4.69) is 10.6 Å². The van der Waals surface area contributed by atoms with Crippen molar-refractivity contribution in [3.63, 3.8) is 0 Å². The van der Waals surface area contributed by atoms with Gasteiger partial charge in [0, 0.05) is 10.6 Å². The Morgan fingerprint density at radius 2 is 1.97 bits per heavy atom. The average Bonchev–Trinajstić information content (AvgIpc) is 2.83. The van der Waals surface area contributed by atoms with E-state index in [0.717, 1.165) is 37.2 Å². The summed E-state index contributed by atoms with van der Waals surface area (Å²) in [6.45, 7) is 1.45. The molecular formula is C20H27N3O5S. The Morgan fingerprint density at radius 3 is 2.66 bits per heavy atom. The Labute approximate surface area is 174 Å². The fourth-order valence-electron chi connectivity index (χ4n) is 3.86. The maximum Gasteiger partial charge on any atom is 0.323 e. The van der Waals surface area contributed by atoms with Crippen molar-refractivity contribution in [2.75, 3.05) is 30.3 Å². The summed E-state index contributed by atoms with van der Waals surface area (Å²) in [5.41, 5.74) is 0.552. The van der Waals surface area contributed by atoms with Crippen LogP contribution in [0.25, 0.3) is 0 Å². The van der Waals surface area contributed by atoms with Crippen molar-refractivity contribution in [2.45, 2.75) is 42.7 Å². The smallest absolute Gasteiger partial charge is 0.323 e. The number of hydrogen-bond acceptors (Lipinski definition) is 6. The van der Waals surface area contributed by atoms with Gasteiger partial charge in [-0.15, -0.1) is 11.8 Å². The van der Waals surface area contributed by atoms with Crippen molar-refractivity contribution < 1.29 is 24.6 Å². The van der Waals surface area contributed by atoms with Gasteiger partial charge in [0.25, 0.3) is 0 Å². The summed E-state index contributed by atoms with van der Waals surface area (Å²) in [6, 6.07) is 5.55. The van der Waals surface area contributed by atoms with E-state index in [1.807, 2.05) is 12.1 Å². The number of rotatable bonds is 8. The van der Waals surface area contributed by atoms with Gasteiger partial charge in [-0.3, -0.25) is 24.6 Å². The van der Waals surface area contributed by atoms with Crippen molar-refractivity contribution in [1.82, 2.24) is 10.6 Å². The maximum atomic E-state index is 13.1. The second-order valence-corrected chi connectivity index (χ2v) is 8.54. The van der Waals surface area contributed by atoms with Crippen LogP contribution in [0.1, 0.15) is 25.7 Å². The molecule has 0 radical (unpaired) electrons. The lowest BCUT2D eigenvalue weighted by atomic mass is 9.91. The van der Waals surface area contributed by atoms with Crippen molar-refractivity contribution in [3.8, 4) is 0 Å². The van der Waals surface area contributed by atoms with E-state index in [0.29, 0.717) is 23.8 Å². The number of hydrogen-bond donors (Lipinski definition) is 4. The SMILES string of the molecule is O=C(O)CN1C(=O)[C@@H](N[C@@H](CCC2CCNCC2)C(=O)O)CSc2ccccc21. The van der Waals surface area contributed by atoms with Crippen LogP contribution in [-0.4, -0.2) is 65.5 Å². The third-order valence-electron chi connectivity index (χ3n) is 5.44.